The highest BCUT2D eigenvalue weighted by atomic mass is 16.5. The Hall–Kier alpha value is -3.94. The molecule has 1 saturated heterocycles. The highest BCUT2D eigenvalue weighted by molar-refractivity contribution is 6.09. The number of carbonyl (C=O) groups excluding carboxylic acids is 4. The zero-order chi connectivity index (χ0) is 25.2. The summed E-state index contributed by atoms with van der Waals surface area (Å²) in [6.45, 7) is 1.71. The first-order chi connectivity index (χ1) is 17.5. The third kappa shape index (κ3) is 4.39. The van der Waals surface area contributed by atoms with Crippen LogP contribution in [0.2, 0.25) is 0 Å². The van der Waals surface area contributed by atoms with Gasteiger partial charge in [0.05, 0.1) is 24.1 Å². The lowest BCUT2D eigenvalue weighted by Crippen LogP contribution is -2.48. The minimum atomic E-state index is -1.14. The fraction of sp³-hybridized carbons (Fsp3) is 0.357. The molecule has 2 fully saturated rings. The van der Waals surface area contributed by atoms with E-state index < -0.39 is 36.4 Å². The first-order valence-corrected chi connectivity index (χ1v) is 12.3. The van der Waals surface area contributed by atoms with Gasteiger partial charge in [0.25, 0.3) is 5.91 Å². The van der Waals surface area contributed by atoms with E-state index in [1.165, 1.54) is 0 Å². The number of rotatable bonds is 9. The second-order valence-corrected chi connectivity index (χ2v) is 9.34. The average molecular weight is 489 g/mol. The molecule has 8 heteroatoms. The number of anilines is 1. The second-order valence-electron chi connectivity index (χ2n) is 9.34. The van der Waals surface area contributed by atoms with Crippen molar-refractivity contribution < 1.29 is 28.7 Å². The molecule has 3 amide bonds. The summed E-state index contributed by atoms with van der Waals surface area (Å²) in [6, 6.07) is 15.0. The van der Waals surface area contributed by atoms with Gasteiger partial charge in [0, 0.05) is 6.42 Å². The van der Waals surface area contributed by atoms with Crippen LogP contribution in [-0.4, -0.2) is 47.8 Å². The molecule has 5 rings (SSSR count). The van der Waals surface area contributed by atoms with Crippen LogP contribution in [-0.2, 0) is 30.3 Å². The maximum atomic E-state index is 13.4. The molecule has 2 aromatic carbocycles. The number of allylic oxidation sites excluding steroid dienone is 2. The van der Waals surface area contributed by atoms with Crippen LogP contribution in [0.25, 0.3) is 0 Å². The van der Waals surface area contributed by atoms with Gasteiger partial charge in [-0.25, -0.2) is 4.79 Å². The van der Waals surface area contributed by atoms with E-state index in [0.29, 0.717) is 18.0 Å². The van der Waals surface area contributed by atoms with Crippen molar-refractivity contribution in [2.75, 3.05) is 18.5 Å². The number of nitrogens with one attached hydrogen (secondary N) is 1. The fourth-order valence-corrected chi connectivity index (χ4v) is 5.62. The number of para-hydroxylation sites is 2. The molecule has 1 aliphatic heterocycles. The molecule has 0 aromatic heterocycles. The van der Waals surface area contributed by atoms with Gasteiger partial charge in [-0.2, -0.15) is 0 Å². The van der Waals surface area contributed by atoms with Crippen LogP contribution in [0, 0.1) is 23.7 Å². The van der Waals surface area contributed by atoms with E-state index in [4.69, 9.17) is 9.47 Å². The molecular weight excluding hydrogens is 460 g/mol. The van der Waals surface area contributed by atoms with E-state index in [2.05, 4.69) is 5.32 Å². The number of nitrogens with zero attached hydrogens (tertiary/aromatic N) is 1. The van der Waals surface area contributed by atoms with E-state index >= 15 is 0 Å². The van der Waals surface area contributed by atoms with Gasteiger partial charge in [-0.05, 0) is 42.9 Å². The van der Waals surface area contributed by atoms with Crippen LogP contribution in [0.4, 0.5) is 5.69 Å². The maximum Gasteiger partial charge on any atom is 0.330 e. The normalized spacial score (nSPS) is 24.5. The highest BCUT2D eigenvalue weighted by Gasteiger charge is 2.61. The summed E-state index contributed by atoms with van der Waals surface area (Å²) >= 11 is 0. The lowest BCUT2D eigenvalue weighted by atomic mass is 9.85. The largest absolute Gasteiger partial charge is 0.492 e. The molecule has 8 nitrogen and oxygen atoms in total. The molecule has 1 saturated carbocycles. The SMILES string of the molecule is CCOc1ccccc1NC(=O)COC(=O)[C@H](Cc1ccccc1)N1C(=O)[C@@H]2[C@H](C1=O)[C@H]1C=C[C@H]2C1. The standard InChI is InChI=1S/C28H28N2O6/c1-2-35-22-11-7-6-10-20(22)29-23(31)16-36-28(34)21(14-17-8-4-3-5-9-17)30-26(32)24-18-12-13-19(15-18)25(24)27(30)33/h3-13,18-19,21,24-25H,2,14-16H2,1H3,(H,29,31)/t18-,19-,21-,24-,25+/m0/s1. The highest BCUT2D eigenvalue weighted by Crippen LogP contribution is 2.53. The lowest BCUT2D eigenvalue weighted by Gasteiger charge is -2.26. The third-order valence-electron chi connectivity index (χ3n) is 7.17. The molecule has 36 heavy (non-hydrogen) atoms. The van der Waals surface area contributed by atoms with Crippen molar-refractivity contribution in [2.24, 2.45) is 23.7 Å². The van der Waals surface area contributed by atoms with Crippen LogP contribution in [0.1, 0.15) is 18.9 Å². The fourth-order valence-electron chi connectivity index (χ4n) is 5.62. The van der Waals surface area contributed by atoms with Crippen LogP contribution >= 0.6 is 0 Å². The van der Waals surface area contributed by atoms with Gasteiger partial charge < -0.3 is 14.8 Å². The number of carbonyl (C=O) groups is 4. The summed E-state index contributed by atoms with van der Waals surface area (Å²) < 4.78 is 10.9. The first kappa shape index (κ1) is 23.8. The maximum absolute atomic E-state index is 13.4. The summed E-state index contributed by atoms with van der Waals surface area (Å²) in [7, 11) is 0. The summed E-state index contributed by atoms with van der Waals surface area (Å²) in [5.74, 6) is -2.25. The Morgan fingerprint density at radius 3 is 2.28 bits per heavy atom. The monoisotopic (exact) mass is 488 g/mol. The second kappa shape index (κ2) is 9.97. The van der Waals surface area contributed by atoms with Crippen LogP contribution in [0.15, 0.2) is 66.7 Å². The Kier molecular flexibility index (Phi) is 6.59. The molecule has 3 aliphatic rings. The van der Waals surface area contributed by atoms with Gasteiger partial charge in [-0.3, -0.25) is 19.3 Å². The summed E-state index contributed by atoms with van der Waals surface area (Å²) in [4.78, 5) is 53.7. The molecule has 5 atom stereocenters. The Morgan fingerprint density at radius 1 is 0.972 bits per heavy atom. The third-order valence-corrected chi connectivity index (χ3v) is 7.17. The van der Waals surface area contributed by atoms with Crippen LogP contribution in [0.3, 0.4) is 0 Å². The molecular formula is C28H28N2O6. The van der Waals surface area contributed by atoms with Crippen molar-refractivity contribution >= 4 is 29.4 Å². The van der Waals surface area contributed by atoms with Crippen LogP contribution < -0.4 is 10.1 Å². The molecule has 2 bridgehead atoms. The van der Waals surface area contributed by atoms with Crippen molar-refractivity contribution in [3.63, 3.8) is 0 Å². The van der Waals surface area contributed by atoms with Gasteiger partial charge in [0.15, 0.2) is 6.61 Å². The van der Waals surface area contributed by atoms with E-state index in [0.717, 1.165) is 16.9 Å². The molecule has 0 unspecified atom stereocenters. The molecule has 1 heterocycles. The molecule has 2 aliphatic carbocycles. The van der Waals surface area contributed by atoms with Crippen molar-refractivity contribution in [3.05, 3.63) is 72.3 Å². The van der Waals surface area contributed by atoms with E-state index in [1.54, 1.807) is 24.3 Å². The van der Waals surface area contributed by atoms with E-state index in [9.17, 15) is 19.2 Å². The molecule has 0 spiro atoms. The predicted octanol–water partition coefficient (Wildman–Crippen LogP) is 2.99. The number of hydrogen-bond acceptors (Lipinski definition) is 6. The molecule has 1 N–H and O–H groups in total. The average Bonchev–Trinajstić information content (AvgIpc) is 3.57. The first-order valence-electron chi connectivity index (χ1n) is 12.3. The van der Waals surface area contributed by atoms with Crippen molar-refractivity contribution in [3.8, 4) is 5.75 Å². The Balaban J connectivity index is 1.31. The van der Waals surface area contributed by atoms with Gasteiger partial charge in [-0.15, -0.1) is 0 Å². The minimum absolute atomic E-state index is 0.0334. The number of likely N-dealkylation sites (tertiary alicyclic amines) is 1. The van der Waals surface area contributed by atoms with Crippen molar-refractivity contribution in [2.45, 2.75) is 25.8 Å². The smallest absolute Gasteiger partial charge is 0.330 e. The number of esters is 1. The van der Waals surface area contributed by atoms with Crippen LogP contribution in [0.5, 0.6) is 5.75 Å². The quantitative estimate of drug-likeness (QED) is 0.331. The molecule has 0 radical (unpaired) electrons. The van der Waals surface area contributed by atoms with E-state index in [-0.39, 0.29) is 30.1 Å². The summed E-state index contributed by atoms with van der Waals surface area (Å²) in [5, 5.41) is 2.68. The number of imide groups is 1. The van der Waals surface area contributed by atoms with Gasteiger partial charge in [-0.1, -0.05) is 54.6 Å². The molecule has 2 aromatic rings. The minimum Gasteiger partial charge on any atom is -0.492 e. The lowest BCUT2D eigenvalue weighted by molar-refractivity contribution is -0.160. The van der Waals surface area contributed by atoms with E-state index in [1.807, 2.05) is 49.4 Å². The Bertz CT molecular complexity index is 1180. The Labute approximate surface area is 209 Å². The van der Waals surface area contributed by atoms with Gasteiger partial charge >= 0.3 is 5.97 Å². The summed E-state index contributed by atoms with van der Waals surface area (Å²) in [5.41, 5.74) is 1.25. The number of amides is 3. The zero-order valence-electron chi connectivity index (χ0n) is 20.0. The van der Waals surface area contributed by atoms with Crippen molar-refractivity contribution in [1.29, 1.82) is 0 Å². The topological polar surface area (TPSA) is 102 Å². The zero-order valence-corrected chi connectivity index (χ0v) is 20.0. The Morgan fingerprint density at radius 2 is 1.61 bits per heavy atom. The number of ether oxygens (including phenoxy) is 2. The number of fused-ring (bicyclic) bond motifs is 5. The van der Waals surface area contributed by atoms with Gasteiger partial charge in [0.2, 0.25) is 11.8 Å². The molecule has 186 valence electrons. The van der Waals surface area contributed by atoms with Crippen molar-refractivity contribution in [1.82, 2.24) is 4.90 Å². The number of benzene rings is 2. The summed E-state index contributed by atoms with van der Waals surface area (Å²) in [6.07, 6.45) is 4.94. The van der Waals surface area contributed by atoms with Gasteiger partial charge in [0.1, 0.15) is 11.8 Å². The predicted molar refractivity (Wildman–Crippen MR) is 131 cm³/mol. The number of hydrogen-bond donors (Lipinski definition) is 1.